The van der Waals surface area contributed by atoms with E-state index in [-0.39, 0.29) is 76.8 Å². The lowest BCUT2D eigenvalue weighted by Crippen LogP contribution is -2.61. The lowest BCUT2D eigenvalue weighted by molar-refractivity contribution is -0.136. The summed E-state index contributed by atoms with van der Waals surface area (Å²) in [5.41, 5.74) is 19.0. The Morgan fingerprint density at radius 2 is 1.31 bits per heavy atom. The number of carbonyl (C=O) groups is 10. The molecule has 1 saturated heterocycles. The normalized spacial score (nSPS) is 19.8. The molecular weight excluding hydrogens is 1070 g/mol. The van der Waals surface area contributed by atoms with E-state index in [9.17, 15) is 47.9 Å². The Morgan fingerprint density at radius 1 is 0.675 bits per heavy atom. The monoisotopic (exact) mass is 1140 g/mol. The molecule has 0 saturated carbocycles. The summed E-state index contributed by atoms with van der Waals surface area (Å²) in [7, 11) is 0. The zero-order chi connectivity index (χ0) is 60.2. The fourth-order valence-electron chi connectivity index (χ4n) is 9.45. The minimum absolute atomic E-state index is 0.00757. The zero-order valence-electron chi connectivity index (χ0n) is 47.0. The van der Waals surface area contributed by atoms with Crippen LogP contribution in [0.5, 0.6) is 0 Å². The van der Waals surface area contributed by atoms with Crippen molar-refractivity contribution in [3.63, 3.8) is 0 Å². The summed E-state index contributed by atoms with van der Waals surface area (Å²) in [5.74, 6) is -8.81. The number of rotatable bonds is 19. The standard InChI is InChI=1S/C57H76N16O10/c1-31(2)48(55(82)65-29-45(58)74)73-56(83)49(32(3)4)72-51(78)41-19-20-46(75)62-21-10-16-47(76)67-44(26-37-28-61-30-66-37)54(81)70-42(24-33-17-18-34-11-5-6-12-35(34)23-33)52(79)68-40(15-9-22-63-57(59)60)50(77)71-43(53(80)69-41)25-36-27-64-39-14-8-7-13-38(36)39/h5-8,11-14,17-18,23,27-28,30-32,40-44,48-49,64H,9-10,15-16,19-22,24-26,29H2,1-4H3,(H2,58,74)(H,61,66)(H,62,75)(H,65,82)(H,67,76)(H,68,79)(H,69,80)(H,70,81)(H,71,77)(H,72,78)(H,73,83)(H4,59,60,63)/t40-,41+,42-,43+,44-,48+,49+/m1/s1. The van der Waals surface area contributed by atoms with Crippen LogP contribution in [0.3, 0.4) is 0 Å². The molecule has 1 aliphatic rings. The van der Waals surface area contributed by atoms with E-state index >= 15 is 0 Å². The van der Waals surface area contributed by atoms with Crippen molar-refractivity contribution >= 4 is 86.7 Å². The molecule has 0 radical (unpaired) electrons. The molecule has 26 nitrogen and oxygen atoms in total. The van der Waals surface area contributed by atoms with Gasteiger partial charge >= 0.3 is 0 Å². The molecule has 10 amide bonds. The van der Waals surface area contributed by atoms with Crippen molar-refractivity contribution in [1.82, 2.24) is 62.8 Å². The van der Waals surface area contributed by atoms with Gasteiger partial charge in [-0.3, -0.25) is 52.9 Å². The smallest absolute Gasteiger partial charge is 0.243 e. The van der Waals surface area contributed by atoms with Crippen molar-refractivity contribution < 1.29 is 47.9 Å². The highest BCUT2D eigenvalue weighted by molar-refractivity contribution is 5.99. The molecule has 26 heteroatoms. The van der Waals surface area contributed by atoms with E-state index in [1.165, 1.54) is 12.5 Å². The summed E-state index contributed by atoms with van der Waals surface area (Å²) in [6.07, 6.45) is 3.61. The summed E-state index contributed by atoms with van der Waals surface area (Å²) in [6, 6.07) is 10.9. The molecule has 0 bridgehead atoms. The third kappa shape index (κ3) is 19.1. The molecule has 0 aliphatic carbocycles. The quantitative estimate of drug-likeness (QED) is 0.0272. The highest BCUT2D eigenvalue weighted by Gasteiger charge is 2.36. The first-order chi connectivity index (χ1) is 39.6. The van der Waals surface area contributed by atoms with Gasteiger partial charge in [0.1, 0.15) is 42.3 Å². The SMILES string of the molecule is CC(C)[C@H](NC(=O)[C@@H]1CCC(=O)NCCCC(=O)N[C@H](Cc2cnc[nH]2)C(=O)N[C@H](Cc2ccc3ccccc3c2)C(=O)N[C@H](CCCN=C(N)N)C(=O)N[C@@H](Cc2c[nH]c3ccccc23)C(=O)N1)C(=O)N[C@H](C(=O)NCC(N)=O)C(C)C. The third-order valence-corrected chi connectivity index (χ3v) is 14.0. The molecule has 0 unspecified atom stereocenters. The number of guanidine groups is 1. The fourth-order valence-corrected chi connectivity index (χ4v) is 9.45. The first-order valence-electron chi connectivity index (χ1n) is 27.6. The molecule has 0 spiro atoms. The lowest BCUT2D eigenvalue weighted by atomic mass is 9.98. The Bertz CT molecular complexity index is 3140. The van der Waals surface area contributed by atoms with E-state index in [2.05, 4.69) is 67.8 Å². The number of imidazole rings is 1. The van der Waals surface area contributed by atoms with Gasteiger partial charge in [0, 0.05) is 74.2 Å². The highest BCUT2D eigenvalue weighted by Crippen LogP contribution is 2.21. The predicted molar refractivity (Wildman–Crippen MR) is 309 cm³/mol. The van der Waals surface area contributed by atoms with E-state index in [0.29, 0.717) is 22.2 Å². The van der Waals surface area contributed by atoms with Gasteiger partial charge in [-0.2, -0.15) is 0 Å². The molecule has 6 rings (SSSR count). The van der Waals surface area contributed by atoms with Crippen LogP contribution in [0.15, 0.2) is 90.4 Å². The Balaban J connectivity index is 1.38. The Kier molecular flexibility index (Phi) is 23.1. The topological polar surface area (TPSA) is 414 Å². The van der Waals surface area contributed by atoms with E-state index in [0.717, 1.165) is 16.3 Å². The second-order valence-electron chi connectivity index (χ2n) is 21.2. The number of nitrogens with two attached hydrogens (primary N) is 3. The number of fused-ring (bicyclic) bond motifs is 2. The number of benzene rings is 3. The molecule has 7 atom stereocenters. The van der Waals surface area contributed by atoms with E-state index in [1.807, 2.05) is 60.7 Å². The zero-order valence-corrected chi connectivity index (χ0v) is 47.0. The van der Waals surface area contributed by atoms with Gasteiger partial charge < -0.3 is 75.0 Å². The van der Waals surface area contributed by atoms with Crippen LogP contribution in [0.25, 0.3) is 21.7 Å². The largest absolute Gasteiger partial charge is 0.370 e. The summed E-state index contributed by atoms with van der Waals surface area (Å²) >= 11 is 0. The number of para-hydroxylation sites is 1. The molecule has 2 aromatic heterocycles. The number of hydrogen-bond acceptors (Lipinski definition) is 12. The van der Waals surface area contributed by atoms with Crippen molar-refractivity contribution in [2.45, 2.75) is 128 Å². The number of aliphatic imine (C=N–C) groups is 1. The van der Waals surface area contributed by atoms with E-state index < -0.39 is 120 Å². The van der Waals surface area contributed by atoms with Gasteiger partial charge in [-0.25, -0.2) is 4.98 Å². The summed E-state index contributed by atoms with van der Waals surface area (Å²) in [4.78, 5) is 154. The second kappa shape index (κ2) is 30.5. The predicted octanol–water partition coefficient (Wildman–Crippen LogP) is -0.877. The number of hydrogen-bond donors (Lipinski definition) is 14. The molecule has 3 heterocycles. The summed E-state index contributed by atoms with van der Waals surface area (Å²) < 4.78 is 0. The number of aromatic amines is 2. The fraction of sp³-hybridized carbons (Fsp3) is 0.439. The molecular formula is C57H76N16O10. The van der Waals surface area contributed by atoms with Gasteiger partial charge in [-0.15, -0.1) is 0 Å². The van der Waals surface area contributed by atoms with Crippen molar-refractivity contribution in [1.29, 1.82) is 0 Å². The number of carbonyl (C=O) groups excluding carboxylic acids is 10. The molecule has 1 aliphatic heterocycles. The number of primary amides is 1. The molecule has 3 aromatic carbocycles. The maximum Gasteiger partial charge on any atom is 0.243 e. The molecule has 1 fully saturated rings. The first kappa shape index (κ1) is 62.8. The molecule has 17 N–H and O–H groups in total. The van der Waals surface area contributed by atoms with Gasteiger partial charge in [0.2, 0.25) is 59.1 Å². The Labute approximate surface area is 479 Å². The highest BCUT2D eigenvalue weighted by atomic mass is 16.2. The van der Waals surface area contributed by atoms with Crippen molar-refractivity contribution in [2.75, 3.05) is 19.6 Å². The van der Waals surface area contributed by atoms with Crippen LogP contribution >= 0.6 is 0 Å². The van der Waals surface area contributed by atoms with Crippen LogP contribution in [-0.4, -0.2) is 142 Å². The van der Waals surface area contributed by atoms with Crippen LogP contribution in [0, 0.1) is 11.8 Å². The number of H-pyrrole nitrogens is 2. The van der Waals surface area contributed by atoms with Gasteiger partial charge in [0.25, 0.3) is 0 Å². The van der Waals surface area contributed by atoms with Crippen LogP contribution in [0.4, 0.5) is 0 Å². The minimum atomic E-state index is -1.53. The van der Waals surface area contributed by atoms with Gasteiger partial charge in [0.05, 0.1) is 12.9 Å². The maximum absolute atomic E-state index is 15.0. The van der Waals surface area contributed by atoms with Crippen molar-refractivity contribution in [2.24, 2.45) is 34.0 Å². The van der Waals surface area contributed by atoms with Crippen LogP contribution in [0.1, 0.15) is 83.0 Å². The van der Waals surface area contributed by atoms with E-state index in [4.69, 9.17) is 17.2 Å². The van der Waals surface area contributed by atoms with Crippen molar-refractivity contribution in [3.8, 4) is 0 Å². The van der Waals surface area contributed by atoms with Gasteiger partial charge in [-0.05, 0) is 65.5 Å². The first-order valence-corrected chi connectivity index (χ1v) is 27.6. The maximum atomic E-state index is 15.0. The molecule has 5 aromatic rings. The Hall–Kier alpha value is -9.36. The number of nitrogens with one attached hydrogen (secondary N) is 11. The van der Waals surface area contributed by atoms with Gasteiger partial charge in [-0.1, -0.05) is 88.4 Å². The van der Waals surface area contributed by atoms with Crippen LogP contribution in [0.2, 0.25) is 0 Å². The second-order valence-corrected chi connectivity index (χ2v) is 21.2. The average molecular weight is 1150 g/mol. The minimum Gasteiger partial charge on any atom is -0.370 e. The number of amides is 10. The summed E-state index contributed by atoms with van der Waals surface area (Å²) in [5, 5.41) is 26.9. The Morgan fingerprint density at radius 3 is 2.00 bits per heavy atom. The lowest BCUT2D eigenvalue weighted by Gasteiger charge is -2.29. The van der Waals surface area contributed by atoms with Crippen LogP contribution in [-0.2, 0) is 67.2 Å². The third-order valence-electron chi connectivity index (χ3n) is 14.0. The average Bonchev–Trinajstić information content (AvgIpc) is 4.38. The van der Waals surface area contributed by atoms with Gasteiger partial charge in [0.15, 0.2) is 5.96 Å². The number of aromatic nitrogens is 3. The van der Waals surface area contributed by atoms with E-state index in [1.54, 1.807) is 40.0 Å². The van der Waals surface area contributed by atoms with Crippen LogP contribution < -0.4 is 65.1 Å². The number of nitrogens with zero attached hydrogens (tertiary/aromatic N) is 2. The molecule has 83 heavy (non-hydrogen) atoms. The summed E-state index contributed by atoms with van der Waals surface area (Å²) in [6.45, 7) is 6.16. The molecule has 444 valence electrons. The van der Waals surface area contributed by atoms with Crippen molar-refractivity contribution in [3.05, 3.63) is 102 Å².